The molecule has 2 aromatic heterocycles. The van der Waals surface area contributed by atoms with Gasteiger partial charge in [-0.2, -0.15) is 11.3 Å². The van der Waals surface area contributed by atoms with Crippen molar-refractivity contribution in [1.82, 2.24) is 16.0 Å². The lowest BCUT2D eigenvalue weighted by Crippen LogP contribution is -2.50. The van der Waals surface area contributed by atoms with Crippen molar-refractivity contribution in [2.45, 2.75) is 38.9 Å². The molecule has 0 unspecified atom stereocenters. The maximum Gasteiger partial charge on any atom is 0.315 e. The van der Waals surface area contributed by atoms with Crippen molar-refractivity contribution in [2.75, 3.05) is 0 Å². The second-order valence-corrected chi connectivity index (χ2v) is 6.15. The molecule has 0 aromatic carbocycles. The molecule has 0 saturated carbocycles. The first-order valence-corrected chi connectivity index (χ1v) is 8.37. The first-order chi connectivity index (χ1) is 11.0. The van der Waals surface area contributed by atoms with Crippen molar-refractivity contribution in [2.24, 2.45) is 0 Å². The molecule has 2 heterocycles. The van der Waals surface area contributed by atoms with Gasteiger partial charge in [-0.15, -0.1) is 0 Å². The molecule has 0 spiro atoms. The highest BCUT2D eigenvalue weighted by Crippen LogP contribution is 2.08. The Morgan fingerprint density at radius 3 is 2.74 bits per heavy atom. The SMILES string of the molecule is C[C@H](Cc1ccsc1)NC(=O)N[C@H](C)C(=O)NCc1ccco1. The summed E-state index contributed by atoms with van der Waals surface area (Å²) in [5.74, 6) is 0.404. The molecule has 0 aliphatic carbocycles. The first-order valence-electron chi connectivity index (χ1n) is 7.43. The zero-order chi connectivity index (χ0) is 16.7. The highest BCUT2D eigenvalue weighted by Gasteiger charge is 2.16. The zero-order valence-corrected chi connectivity index (χ0v) is 14.0. The molecule has 2 atom stereocenters. The highest BCUT2D eigenvalue weighted by atomic mass is 32.1. The van der Waals surface area contributed by atoms with Crippen LogP contribution in [-0.4, -0.2) is 24.0 Å². The maximum absolute atomic E-state index is 11.9. The van der Waals surface area contributed by atoms with Gasteiger partial charge in [0.15, 0.2) is 0 Å². The van der Waals surface area contributed by atoms with Crippen LogP contribution in [0.15, 0.2) is 39.6 Å². The van der Waals surface area contributed by atoms with E-state index in [1.165, 1.54) is 5.56 Å². The predicted octanol–water partition coefficient (Wildman–Crippen LogP) is 2.28. The molecule has 0 saturated heterocycles. The number of hydrogen-bond acceptors (Lipinski definition) is 4. The Balaban J connectivity index is 1.69. The molecule has 0 fully saturated rings. The normalized spacial score (nSPS) is 13.1. The molecule has 0 aliphatic heterocycles. The summed E-state index contributed by atoms with van der Waals surface area (Å²) in [5.41, 5.74) is 1.19. The van der Waals surface area contributed by atoms with Gasteiger partial charge in [0.1, 0.15) is 11.8 Å². The Morgan fingerprint density at radius 2 is 2.09 bits per heavy atom. The number of hydrogen-bond donors (Lipinski definition) is 3. The van der Waals surface area contributed by atoms with Crippen LogP contribution in [0.25, 0.3) is 0 Å². The summed E-state index contributed by atoms with van der Waals surface area (Å²) in [7, 11) is 0. The van der Waals surface area contributed by atoms with Crippen LogP contribution >= 0.6 is 11.3 Å². The summed E-state index contributed by atoms with van der Waals surface area (Å²) in [6.07, 6.45) is 2.31. The van der Waals surface area contributed by atoms with E-state index in [1.807, 2.05) is 18.4 Å². The Bertz CT molecular complexity index is 611. The van der Waals surface area contributed by atoms with E-state index in [-0.39, 0.29) is 18.0 Å². The topological polar surface area (TPSA) is 83.4 Å². The molecular formula is C16H21N3O3S. The van der Waals surface area contributed by atoms with E-state index in [1.54, 1.807) is 36.7 Å². The average molecular weight is 335 g/mol. The summed E-state index contributed by atoms with van der Waals surface area (Å²) in [4.78, 5) is 23.8. The first kappa shape index (κ1) is 17.1. The average Bonchev–Trinajstić information content (AvgIpc) is 3.17. The molecule has 23 heavy (non-hydrogen) atoms. The molecule has 0 aliphatic rings. The molecule has 0 bridgehead atoms. The van der Waals surface area contributed by atoms with Crippen LogP contribution in [0.4, 0.5) is 4.79 Å². The van der Waals surface area contributed by atoms with Crippen molar-refractivity contribution >= 4 is 23.3 Å². The number of thiophene rings is 1. The fraction of sp³-hybridized carbons (Fsp3) is 0.375. The minimum absolute atomic E-state index is 0.0111. The largest absolute Gasteiger partial charge is 0.467 e. The Kier molecular flexibility index (Phi) is 6.22. The molecule has 6 nitrogen and oxygen atoms in total. The van der Waals surface area contributed by atoms with Crippen LogP contribution < -0.4 is 16.0 Å². The van der Waals surface area contributed by atoms with Crippen molar-refractivity contribution in [3.05, 3.63) is 46.5 Å². The quantitative estimate of drug-likeness (QED) is 0.726. The van der Waals surface area contributed by atoms with Gasteiger partial charge in [-0.25, -0.2) is 4.79 Å². The van der Waals surface area contributed by atoms with Crippen LogP contribution in [0.5, 0.6) is 0 Å². The van der Waals surface area contributed by atoms with Gasteiger partial charge in [-0.3, -0.25) is 4.79 Å². The van der Waals surface area contributed by atoms with E-state index in [2.05, 4.69) is 21.3 Å². The number of amides is 3. The van der Waals surface area contributed by atoms with Gasteiger partial charge in [0.2, 0.25) is 5.91 Å². The van der Waals surface area contributed by atoms with Crippen molar-refractivity contribution in [3.8, 4) is 0 Å². The molecule has 2 aromatic rings. The van der Waals surface area contributed by atoms with Crippen LogP contribution in [-0.2, 0) is 17.8 Å². The summed E-state index contributed by atoms with van der Waals surface area (Å²) < 4.78 is 5.13. The Morgan fingerprint density at radius 1 is 1.26 bits per heavy atom. The second-order valence-electron chi connectivity index (χ2n) is 5.37. The van der Waals surface area contributed by atoms with Gasteiger partial charge in [0.25, 0.3) is 0 Å². The third-order valence-corrected chi connectivity index (χ3v) is 3.99. The van der Waals surface area contributed by atoms with E-state index < -0.39 is 6.04 Å². The third kappa shape index (κ3) is 5.78. The van der Waals surface area contributed by atoms with E-state index in [4.69, 9.17) is 4.42 Å². The van der Waals surface area contributed by atoms with Gasteiger partial charge in [0, 0.05) is 6.04 Å². The van der Waals surface area contributed by atoms with E-state index in [0.29, 0.717) is 12.3 Å². The lowest BCUT2D eigenvalue weighted by molar-refractivity contribution is -0.122. The third-order valence-electron chi connectivity index (χ3n) is 3.26. The molecular weight excluding hydrogens is 314 g/mol. The highest BCUT2D eigenvalue weighted by molar-refractivity contribution is 7.07. The van der Waals surface area contributed by atoms with Crippen LogP contribution in [0.3, 0.4) is 0 Å². The van der Waals surface area contributed by atoms with Gasteiger partial charge in [0.05, 0.1) is 12.8 Å². The fourth-order valence-electron chi connectivity index (χ4n) is 2.08. The molecule has 3 amide bonds. The number of carbonyl (C=O) groups is 2. The lowest BCUT2D eigenvalue weighted by Gasteiger charge is -2.17. The van der Waals surface area contributed by atoms with E-state index >= 15 is 0 Å². The number of furan rings is 1. The minimum Gasteiger partial charge on any atom is -0.467 e. The lowest BCUT2D eigenvalue weighted by atomic mass is 10.1. The van der Waals surface area contributed by atoms with Gasteiger partial charge in [-0.1, -0.05) is 0 Å². The number of rotatable bonds is 7. The molecule has 0 radical (unpaired) electrons. The van der Waals surface area contributed by atoms with E-state index in [0.717, 1.165) is 6.42 Å². The van der Waals surface area contributed by atoms with Crippen LogP contribution in [0, 0.1) is 0 Å². The van der Waals surface area contributed by atoms with Crippen LogP contribution in [0.2, 0.25) is 0 Å². The smallest absolute Gasteiger partial charge is 0.315 e. The molecule has 2 rings (SSSR count). The number of urea groups is 1. The van der Waals surface area contributed by atoms with Crippen molar-refractivity contribution < 1.29 is 14.0 Å². The Labute approximate surface area is 139 Å². The van der Waals surface area contributed by atoms with Gasteiger partial charge in [-0.05, 0) is 54.8 Å². The summed E-state index contributed by atoms with van der Waals surface area (Å²) in [6, 6.07) is 4.57. The molecule has 124 valence electrons. The minimum atomic E-state index is -0.627. The monoisotopic (exact) mass is 335 g/mol. The van der Waals surface area contributed by atoms with E-state index in [9.17, 15) is 9.59 Å². The fourth-order valence-corrected chi connectivity index (χ4v) is 2.76. The van der Waals surface area contributed by atoms with Gasteiger partial charge >= 0.3 is 6.03 Å². The zero-order valence-electron chi connectivity index (χ0n) is 13.2. The van der Waals surface area contributed by atoms with Crippen molar-refractivity contribution in [1.29, 1.82) is 0 Å². The summed E-state index contributed by atoms with van der Waals surface area (Å²) in [6.45, 7) is 3.87. The predicted molar refractivity (Wildman–Crippen MR) is 89.2 cm³/mol. The number of carbonyl (C=O) groups excluding carboxylic acids is 2. The molecule has 7 heteroatoms. The maximum atomic E-state index is 11.9. The van der Waals surface area contributed by atoms with Crippen LogP contribution in [0.1, 0.15) is 25.2 Å². The standard InChI is InChI=1S/C16H21N3O3S/c1-11(8-13-5-7-23-10-13)18-16(21)19-12(2)15(20)17-9-14-4-3-6-22-14/h3-7,10-12H,8-9H2,1-2H3,(H,17,20)(H2,18,19,21)/t11-,12-/m1/s1. The van der Waals surface area contributed by atoms with Crippen molar-refractivity contribution in [3.63, 3.8) is 0 Å². The van der Waals surface area contributed by atoms with Gasteiger partial charge < -0.3 is 20.4 Å². The second kappa shape index (κ2) is 8.38. The molecule has 3 N–H and O–H groups in total. The number of nitrogens with one attached hydrogen (secondary N) is 3. The summed E-state index contributed by atoms with van der Waals surface area (Å²) in [5, 5.41) is 12.2. The summed E-state index contributed by atoms with van der Waals surface area (Å²) >= 11 is 1.63. The Hall–Kier alpha value is -2.28.